The molecule has 146 valence electrons. The number of benzene rings is 2. The smallest absolute Gasteiger partial charge is 0.327 e. The zero-order chi connectivity index (χ0) is 19.5. The first-order valence-electron chi connectivity index (χ1n) is 9.86. The van der Waals surface area contributed by atoms with E-state index >= 15 is 0 Å². The van der Waals surface area contributed by atoms with Crippen molar-refractivity contribution in [2.24, 2.45) is 0 Å². The van der Waals surface area contributed by atoms with E-state index < -0.39 is 6.04 Å². The molecule has 4 rings (SSSR count). The quantitative estimate of drug-likeness (QED) is 0.677. The van der Waals surface area contributed by atoms with Crippen LogP contribution in [0.25, 0.3) is 11.0 Å². The van der Waals surface area contributed by atoms with Gasteiger partial charge in [0.1, 0.15) is 6.04 Å². The molecule has 2 aromatic carbocycles. The highest BCUT2D eigenvalue weighted by Crippen LogP contribution is 2.23. The van der Waals surface area contributed by atoms with Crippen LogP contribution in [0.1, 0.15) is 43.7 Å². The first-order chi connectivity index (χ1) is 13.6. The predicted octanol–water partition coefficient (Wildman–Crippen LogP) is 4.22. The van der Waals surface area contributed by atoms with Gasteiger partial charge in [-0.2, -0.15) is 0 Å². The molecule has 1 fully saturated rings. The topological polar surface area (TPSA) is 66.9 Å². The first-order valence-corrected chi connectivity index (χ1v) is 10.2. The third kappa shape index (κ3) is 3.99. The number of imidazole rings is 1. The normalized spacial score (nSPS) is 16.2. The molecule has 1 amide bonds. The molecular formula is C22H24ClN3O2. The van der Waals surface area contributed by atoms with Crippen LogP contribution in [0.4, 0.5) is 0 Å². The second-order valence-corrected chi connectivity index (χ2v) is 7.95. The van der Waals surface area contributed by atoms with Gasteiger partial charge < -0.3 is 10.3 Å². The van der Waals surface area contributed by atoms with E-state index in [0.717, 1.165) is 31.2 Å². The summed E-state index contributed by atoms with van der Waals surface area (Å²) in [6.07, 6.45) is 5.96. The molecule has 3 aromatic rings. The average molecular weight is 398 g/mol. The van der Waals surface area contributed by atoms with Gasteiger partial charge >= 0.3 is 5.69 Å². The maximum absolute atomic E-state index is 13.3. The number of hydrogen-bond donors (Lipinski definition) is 2. The number of amides is 1. The van der Waals surface area contributed by atoms with Crippen LogP contribution < -0.4 is 11.0 Å². The van der Waals surface area contributed by atoms with Gasteiger partial charge in [-0.15, -0.1) is 0 Å². The summed E-state index contributed by atoms with van der Waals surface area (Å²) in [5.74, 6) is -0.103. The van der Waals surface area contributed by atoms with Crippen LogP contribution in [0, 0.1) is 0 Å². The number of nitrogens with zero attached hydrogens (tertiary/aromatic N) is 1. The molecule has 1 heterocycles. The summed E-state index contributed by atoms with van der Waals surface area (Å²) in [6.45, 7) is 0. The fourth-order valence-electron chi connectivity index (χ4n) is 4.10. The minimum Gasteiger partial charge on any atom is -0.352 e. The van der Waals surface area contributed by atoms with Crippen molar-refractivity contribution in [2.75, 3.05) is 0 Å². The molecule has 0 spiro atoms. The highest BCUT2D eigenvalue weighted by Gasteiger charge is 2.27. The number of aromatic amines is 1. The van der Waals surface area contributed by atoms with Gasteiger partial charge in [0.25, 0.3) is 0 Å². The van der Waals surface area contributed by atoms with E-state index in [4.69, 9.17) is 11.6 Å². The van der Waals surface area contributed by atoms with Crippen molar-refractivity contribution in [2.45, 2.75) is 50.6 Å². The molecule has 1 aliphatic carbocycles. The van der Waals surface area contributed by atoms with Crippen LogP contribution in [0.3, 0.4) is 0 Å². The van der Waals surface area contributed by atoms with Gasteiger partial charge in [0.05, 0.1) is 11.0 Å². The number of fused-ring (bicyclic) bond motifs is 1. The number of nitrogens with one attached hydrogen (secondary N) is 2. The van der Waals surface area contributed by atoms with Gasteiger partial charge in [0, 0.05) is 17.5 Å². The molecule has 6 heteroatoms. The van der Waals surface area contributed by atoms with Crippen LogP contribution in [-0.2, 0) is 11.2 Å². The van der Waals surface area contributed by atoms with Gasteiger partial charge in [-0.25, -0.2) is 4.79 Å². The number of carbonyl (C=O) groups excluding carboxylic acids is 1. The van der Waals surface area contributed by atoms with E-state index in [0.29, 0.717) is 22.5 Å². The lowest BCUT2D eigenvalue weighted by atomic mass is 9.95. The van der Waals surface area contributed by atoms with Gasteiger partial charge in [0.15, 0.2) is 0 Å². The Kier molecular flexibility index (Phi) is 5.53. The molecule has 0 saturated heterocycles. The standard InChI is InChI=1S/C22H24ClN3O2/c23-16-11-12-19-18(14-16)25-22(28)26(19)20(13-15-7-3-1-4-8-15)21(27)24-17-9-5-2-6-10-17/h1,3-4,7-8,11-12,14,17,20H,2,5-6,9-10,13H2,(H,24,27)(H,25,28)/t20-/m0/s1. The van der Waals surface area contributed by atoms with Crippen molar-refractivity contribution < 1.29 is 4.79 Å². The maximum atomic E-state index is 13.3. The van der Waals surface area contributed by atoms with Crippen molar-refractivity contribution in [3.05, 3.63) is 69.6 Å². The number of halogens is 1. The average Bonchev–Trinajstić information content (AvgIpc) is 3.02. The van der Waals surface area contributed by atoms with Crippen LogP contribution in [0.15, 0.2) is 53.3 Å². The molecule has 2 N–H and O–H groups in total. The number of H-pyrrole nitrogens is 1. The predicted molar refractivity (Wildman–Crippen MR) is 112 cm³/mol. The van der Waals surface area contributed by atoms with E-state index in [1.807, 2.05) is 30.3 Å². The molecule has 0 aliphatic heterocycles. The number of aromatic nitrogens is 2. The molecular weight excluding hydrogens is 374 g/mol. The fourth-order valence-corrected chi connectivity index (χ4v) is 4.27. The van der Waals surface area contributed by atoms with E-state index in [1.54, 1.807) is 22.8 Å². The largest absolute Gasteiger partial charge is 0.352 e. The monoisotopic (exact) mass is 397 g/mol. The van der Waals surface area contributed by atoms with E-state index in [-0.39, 0.29) is 17.6 Å². The molecule has 5 nitrogen and oxygen atoms in total. The Balaban J connectivity index is 1.71. The van der Waals surface area contributed by atoms with Crippen molar-refractivity contribution >= 4 is 28.5 Å². The summed E-state index contributed by atoms with van der Waals surface area (Å²) in [5, 5.41) is 3.74. The second-order valence-electron chi connectivity index (χ2n) is 7.51. The zero-order valence-electron chi connectivity index (χ0n) is 15.7. The van der Waals surface area contributed by atoms with Crippen molar-refractivity contribution in [3.63, 3.8) is 0 Å². The summed E-state index contributed by atoms with van der Waals surface area (Å²) in [7, 11) is 0. The fraction of sp³-hybridized carbons (Fsp3) is 0.364. The van der Waals surface area contributed by atoms with Gasteiger partial charge in [0.2, 0.25) is 5.91 Å². The SMILES string of the molecule is O=C(NC1CCCCC1)[C@H](Cc1ccccc1)n1c(=O)[nH]c2cc(Cl)ccc21. The lowest BCUT2D eigenvalue weighted by molar-refractivity contribution is -0.125. The Hall–Kier alpha value is -2.53. The molecule has 0 radical (unpaired) electrons. The zero-order valence-corrected chi connectivity index (χ0v) is 16.4. The lowest BCUT2D eigenvalue weighted by Crippen LogP contribution is -2.43. The summed E-state index contributed by atoms with van der Waals surface area (Å²) in [5.41, 5.74) is 2.05. The highest BCUT2D eigenvalue weighted by molar-refractivity contribution is 6.31. The molecule has 28 heavy (non-hydrogen) atoms. The molecule has 1 atom stereocenters. The molecule has 1 saturated carbocycles. The molecule has 0 unspecified atom stereocenters. The van der Waals surface area contributed by atoms with E-state index in [2.05, 4.69) is 10.3 Å². The van der Waals surface area contributed by atoms with Crippen LogP contribution >= 0.6 is 11.6 Å². The van der Waals surface area contributed by atoms with Crippen molar-refractivity contribution in [1.29, 1.82) is 0 Å². The Morgan fingerprint density at radius 3 is 2.64 bits per heavy atom. The third-order valence-corrected chi connectivity index (χ3v) is 5.75. The summed E-state index contributed by atoms with van der Waals surface area (Å²) in [4.78, 5) is 28.9. The lowest BCUT2D eigenvalue weighted by Gasteiger charge is -2.26. The summed E-state index contributed by atoms with van der Waals surface area (Å²) < 4.78 is 1.57. The Morgan fingerprint density at radius 1 is 1.14 bits per heavy atom. The van der Waals surface area contributed by atoms with Crippen LogP contribution in [-0.4, -0.2) is 21.5 Å². The number of hydrogen-bond acceptors (Lipinski definition) is 2. The Bertz CT molecular complexity index is 1020. The highest BCUT2D eigenvalue weighted by atomic mass is 35.5. The van der Waals surface area contributed by atoms with Gasteiger partial charge in [-0.1, -0.05) is 61.2 Å². The minimum absolute atomic E-state index is 0.103. The first kappa shape index (κ1) is 18.8. The van der Waals surface area contributed by atoms with E-state index in [9.17, 15) is 9.59 Å². The maximum Gasteiger partial charge on any atom is 0.327 e. The summed E-state index contributed by atoms with van der Waals surface area (Å²) >= 11 is 6.07. The third-order valence-electron chi connectivity index (χ3n) is 5.52. The molecule has 0 bridgehead atoms. The molecule has 1 aromatic heterocycles. The summed E-state index contributed by atoms with van der Waals surface area (Å²) in [6, 6.07) is 14.6. The Morgan fingerprint density at radius 2 is 1.89 bits per heavy atom. The van der Waals surface area contributed by atoms with Gasteiger partial charge in [-0.05, 0) is 36.6 Å². The Labute approximate surface area is 168 Å². The van der Waals surface area contributed by atoms with Gasteiger partial charge in [-0.3, -0.25) is 9.36 Å². The van der Waals surface area contributed by atoms with Crippen molar-refractivity contribution in [3.8, 4) is 0 Å². The van der Waals surface area contributed by atoms with Crippen LogP contribution in [0.2, 0.25) is 5.02 Å². The second kappa shape index (κ2) is 8.23. The minimum atomic E-state index is -0.619. The van der Waals surface area contributed by atoms with E-state index in [1.165, 1.54) is 6.42 Å². The van der Waals surface area contributed by atoms with Crippen LogP contribution in [0.5, 0.6) is 0 Å². The number of carbonyl (C=O) groups is 1. The number of rotatable bonds is 5. The molecule has 1 aliphatic rings. The van der Waals surface area contributed by atoms with Crippen molar-refractivity contribution in [1.82, 2.24) is 14.9 Å².